The molecule has 1 aliphatic carbocycles. The van der Waals surface area contributed by atoms with Crippen LogP contribution in [0, 0.1) is 19.3 Å². The molecule has 1 aromatic carbocycles. The summed E-state index contributed by atoms with van der Waals surface area (Å²) in [6.07, 6.45) is 1.02. The Morgan fingerprint density at radius 3 is 2.17 bits per heavy atom. The SMILES string of the molecule is B/C(=C(/c1ccc(N)cc1)c1[nH]c(C)cc1C)C1(C)C[C@@]1(C)N. The highest BCUT2D eigenvalue weighted by molar-refractivity contribution is 6.28. The third kappa shape index (κ3) is 2.51. The third-order valence-corrected chi connectivity index (χ3v) is 5.66. The largest absolute Gasteiger partial charge is 0.399 e. The van der Waals surface area contributed by atoms with E-state index < -0.39 is 0 Å². The summed E-state index contributed by atoms with van der Waals surface area (Å²) in [7, 11) is 2.22. The third-order valence-electron chi connectivity index (χ3n) is 5.66. The fourth-order valence-electron chi connectivity index (χ4n) is 3.71. The maximum Gasteiger partial charge on any atom is 0.135 e. The molecule has 1 aliphatic rings. The van der Waals surface area contributed by atoms with Crippen LogP contribution in [-0.2, 0) is 0 Å². The standard InChI is InChI=1S/C19H26BN3/c1-11-9-12(2)23-16(11)15(13-5-7-14(21)8-6-13)17(20)18(3)10-19(18,4)22/h5-9,23H,10,20-22H2,1-4H3/b17-15-/t18?,19-/m1/s1. The number of aromatic amines is 1. The van der Waals surface area contributed by atoms with Gasteiger partial charge in [-0.3, -0.25) is 0 Å². The summed E-state index contributed by atoms with van der Waals surface area (Å²) in [5, 5.41) is 0. The van der Waals surface area contributed by atoms with E-state index in [4.69, 9.17) is 11.5 Å². The Bertz CT molecular complexity index is 783. The summed E-state index contributed by atoms with van der Waals surface area (Å²) < 4.78 is 0. The number of hydrogen-bond acceptors (Lipinski definition) is 2. The molecule has 1 unspecified atom stereocenters. The molecule has 2 aromatic rings. The number of nitrogen functional groups attached to an aromatic ring is 1. The normalized spacial score (nSPS) is 27.7. The van der Waals surface area contributed by atoms with Crippen LogP contribution in [0.4, 0.5) is 5.69 Å². The quantitative estimate of drug-likeness (QED) is 0.603. The Hall–Kier alpha value is -1.94. The highest BCUT2D eigenvalue weighted by Gasteiger charge is 2.59. The van der Waals surface area contributed by atoms with Gasteiger partial charge < -0.3 is 16.5 Å². The molecule has 0 saturated heterocycles. The molecule has 2 atom stereocenters. The van der Waals surface area contributed by atoms with Crippen LogP contribution in [-0.4, -0.2) is 18.4 Å². The van der Waals surface area contributed by atoms with Gasteiger partial charge in [-0.2, -0.15) is 0 Å². The van der Waals surface area contributed by atoms with Gasteiger partial charge in [0, 0.05) is 28.0 Å². The molecule has 0 amide bonds. The van der Waals surface area contributed by atoms with Crippen molar-refractivity contribution in [1.29, 1.82) is 0 Å². The van der Waals surface area contributed by atoms with Gasteiger partial charge >= 0.3 is 0 Å². The van der Waals surface area contributed by atoms with Crippen molar-refractivity contribution < 1.29 is 0 Å². The monoisotopic (exact) mass is 307 g/mol. The number of hydrogen-bond donors (Lipinski definition) is 3. The lowest BCUT2D eigenvalue weighted by molar-refractivity contribution is 0.573. The summed E-state index contributed by atoms with van der Waals surface area (Å²) in [5.74, 6) is 0. The number of aryl methyl sites for hydroxylation is 2. The van der Waals surface area contributed by atoms with Crippen LogP contribution in [0.1, 0.15) is 42.8 Å². The van der Waals surface area contributed by atoms with Crippen molar-refractivity contribution in [2.75, 3.05) is 5.73 Å². The van der Waals surface area contributed by atoms with E-state index in [9.17, 15) is 0 Å². The Balaban J connectivity index is 2.23. The van der Waals surface area contributed by atoms with Gasteiger partial charge in [-0.25, -0.2) is 0 Å². The molecular formula is C19H26BN3. The molecule has 0 radical (unpaired) electrons. The molecule has 1 saturated carbocycles. The average molecular weight is 307 g/mol. The minimum Gasteiger partial charge on any atom is -0.399 e. The van der Waals surface area contributed by atoms with E-state index >= 15 is 0 Å². The Morgan fingerprint density at radius 2 is 1.74 bits per heavy atom. The Morgan fingerprint density at radius 1 is 1.17 bits per heavy atom. The van der Waals surface area contributed by atoms with Gasteiger partial charge in [-0.05, 0) is 62.1 Å². The van der Waals surface area contributed by atoms with Gasteiger partial charge in [0.05, 0.1) is 0 Å². The molecule has 5 N–H and O–H groups in total. The number of anilines is 1. The summed E-state index contributed by atoms with van der Waals surface area (Å²) in [6.45, 7) is 8.66. The lowest BCUT2D eigenvalue weighted by Gasteiger charge is -2.22. The topological polar surface area (TPSA) is 67.8 Å². The van der Waals surface area contributed by atoms with Crippen molar-refractivity contribution in [3.8, 4) is 0 Å². The van der Waals surface area contributed by atoms with Gasteiger partial charge in [0.2, 0.25) is 0 Å². The summed E-state index contributed by atoms with van der Waals surface area (Å²) in [4.78, 5) is 3.54. The van der Waals surface area contributed by atoms with Crippen LogP contribution in [0.5, 0.6) is 0 Å². The number of nitrogens with two attached hydrogens (primary N) is 2. The van der Waals surface area contributed by atoms with Crippen LogP contribution < -0.4 is 11.5 Å². The number of nitrogens with one attached hydrogen (secondary N) is 1. The molecule has 23 heavy (non-hydrogen) atoms. The smallest absolute Gasteiger partial charge is 0.135 e. The average Bonchev–Trinajstić information content (AvgIpc) is 2.81. The van der Waals surface area contributed by atoms with E-state index in [1.165, 1.54) is 33.6 Å². The minimum absolute atomic E-state index is 0.0369. The van der Waals surface area contributed by atoms with Crippen molar-refractivity contribution in [3.05, 3.63) is 58.3 Å². The van der Waals surface area contributed by atoms with Crippen molar-refractivity contribution in [1.82, 2.24) is 4.98 Å². The molecule has 0 bridgehead atoms. The maximum absolute atomic E-state index is 6.44. The predicted octanol–water partition coefficient (Wildman–Crippen LogP) is 2.73. The van der Waals surface area contributed by atoms with Crippen molar-refractivity contribution in [2.24, 2.45) is 11.1 Å². The zero-order chi connectivity index (χ0) is 17.0. The highest BCUT2D eigenvalue weighted by atomic mass is 14.9. The molecule has 0 spiro atoms. The maximum atomic E-state index is 6.44. The van der Waals surface area contributed by atoms with Gasteiger partial charge in [-0.1, -0.05) is 24.5 Å². The first-order chi connectivity index (χ1) is 10.7. The van der Waals surface area contributed by atoms with E-state index in [0.717, 1.165) is 12.1 Å². The fraction of sp³-hybridized carbons (Fsp3) is 0.368. The summed E-state index contributed by atoms with van der Waals surface area (Å²) in [5.41, 5.74) is 20.4. The van der Waals surface area contributed by atoms with E-state index in [-0.39, 0.29) is 11.0 Å². The zero-order valence-corrected chi connectivity index (χ0v) is 14.7. The summed E-state index contributed by atoms with van der Waals surface area (Å²) in [6, 6.07) is 10.3. The minimum atomic E-state index is -0.133. The van der Waals surface area contributed by atoms with Crippen LogP contribution >= 0.6 is 0 Å². The van der Waals surface area contributed by atoms with Crippen LogP contribution in [0.2, 0.25) is 0 Å². The first kappa shape index (κ1) is 15.9. The molecule has 3 rings (SSSR count). The van der Waals surface area contributed by atoms with Gasteiger partial charge in [-0.15, -0.1) is 0 Å². The molecule has 3 nitrogen and oxygen atoms in total. The van der Waals surface area contributed by atoms with Crippen molar-refractivity contribution in [3.63, 3.8) is 0 Å². The first-order valence-corrected chi connectivity index (χ1v) is 8.18. The second-order valence-corrected chi connectivity index (χ2v) is 7.56. The van der Waals surface area contributed by atoms with Crippen molar-refractivity contribution >= 4 is 19.1 Å². The van der Waals surface area contributed by atoms with Crippen LogP contribution in [0.15, 0.2) is 35.8 Å². The lowest BCUT2D eigenvalue weighted by Crippen LogP contribution is -2.27. The molecule has 0 aliphatic heterocycles. The first-order valence-electron chi connectivity index (χ1n) is 8.18. The van der Waals surface area contributed by atoms with Gasteiger partial charge in [0.15, 0.2) is 0 Å². The summed E-state index contributed by atoms with van der Waals surface area (Å²) >= 11 is 0. The second-order valence-electron chi connectivity index (χ2n) is 7.56. The lowest BCUT2D eigenvalue weighted by atomic mass is 9.73. The molecule has 1 aromatic heterocycles. The van der Waals surface area contributed by atoms with E-state index in [0.29, 0.717) is 0 Å². The predicted molar refractivity (Wildman–Crippen MR) is 101 cm³/mol. The molecule has 1 heterocycles. The molecule has 1 fully saturated rings. The van der Waals surface area contributed by atoms with Crippen LogP contribution in [0.3, 0.4) is 0 Å². The van der Waals surface area contributed by atoms with E-state index in [1.807, 2.05) is 12.1 Å². The number of aromatic nitrogens is 1. The number of benzene rings is 1. The van der Waals surface area contributed by atoms with Gasteiger partial charge in [0.25, 0.3) is 0 Å². The Kier molecular flexibility index (Phi) is 3.49. The fourth-order valence-corrected chi connectivity index (χ4v) is 3.71. The Labute approximate surface area is 139 Å². The van der Waals surface area contributed by atoms with E-state index in [2.05, 4.69) is 58.7 Å². The number of H-pyrrole nitrogens is 1. The molecule has 4 heteroatoms. The highest BCUT2D eigenvalue weighted by Crippen LogP contribution is 2.59. The second kappa shape index (κ2) is 5.03. The van der Waals surface area contributed by atoms with Gasteiger partial charge in [0.1, 0.15) is 7.85 Å². The van der Waals surface area contributed by atoms with Crippen LogP contribution in [0.25, 0.3) is 5.57 Å². The number of rotatable bonds is 3. The zero-order valence-electron chi connectivity index (χ0n) is 14.7. The molecule has 120 valence electrons. The van der Waals surface area contributed by atoms with E-state index in [1.54, 1.807) is 0 Å². The van der Waals surface area contributed by atoms with Crippen molar-refractivity contribution in [2.45, 2.75) is 39.7 Å². The molecular weight excluding hydrogens is 281 g/mol.